The second kappa shape index (κ2) is 9.92. The van der Waals surface area contributed by atoms with Crippen LogP contribution in [0.4, 0.5) is 0 Å². The summed E-state index contributed by atoms with van der Waals surface area (Å²) in [7, 11) is 1.61. The first-order valence-electron chi connectivity index (χ1n) is 10.6. The topological polar surface area (TPSA) is 61.9 Å². The summed E-state index contributed by atoms with van der Waals surface area (Å²) in [4.78, 5) is 29.9. The van der Waals surface area contributed by atoms with Crippen molar-refractivity contribution in [1.82, 2.24) is 15.1 Å². The van der Waals surface area contributed by atoms with Crippen LogP contribution in [0.3, 0.4) is 0 Å². The van der Waals surface area contributed by atoms with E-state index < -0.39 is 0 Å². The summed E-state index contributed by atoms with van der Waals surface area (Å²) in [5.74, 6) is 1.34. The van der Waals surface area contributed by atoms with Gasteiger partial charge in [0.1, 0.15) is 5.75 Å². The van der Waals surface area contributed by atoms with Crippen LogP contribution in [0.25, 0.3) is 0 Å². The molecule has 1 aromatic rings. The third-order valence-electron chi connectivity index (χ3n) is 5.98. The van der Waals surface area contributed by atoms with E-state index in [1.54, 1.807) is 13.2 Å². The number of nitrogens with one attached hydrogen (secondary N) is 1. The normalized spacial score (nSPS) is 19.4. The summed E-state index contributed by atoms with van der Waals surface area (Å²) in [5.41, 5.74) is 0.654. The van der Waals surface area contributed by atoms with Gasteiger partial charge in [-0.05, 0) is 43.4 Å². The van der Waals surface area contributed by atoms with Crippen molar-refractivity contribution in [2.24, 2.45) is 5.92 Å². The highest BCUT2D eigenvalue weighted by atomic mass is 16.5. The Hall–Kier alpha value is -2.08. The van der Waals surface area contributed by atoms with Crippen LogP contribution in [-0.2, 0) is 4.79 Å². The van der Waals surface area contributed by atoms with E-state index >= 15 is 0 Å². The zero-order valence-corrected chi connectivity index (χ0v) is 17.2. The van der Waals surface area contributed by atoms with E-state index in [9.17, 15) is 9.59 Å². The van der Waals surface area contributed by atoms with E-state index in [4.69, 9.17) is 4.74 Å². The average Bonchev–Trinajstić information content (AvgIpc) is 3.26. The first-order valence-corrected chi connectivity index (χ1v) is 10.6. The van der Waals surface area contributed by atoms with Crippen LogP contribution < -0.4 is 10.1 Å². The average molecular weight is 388 g/mol. The first kappa shape index (κ1) is 20.6. The number of carbonyl (C=O) groups excluding carboxylic acids is 2. The number of rotatable bonds is 7. The Kier molecular flexibility index (Phi) is 7.31. The summed E-state index contributed by atoms with van der Waals surface area (Å²) in [6.45, 7) is 5.61. The van der Waals surface area contributed by atoms with Crippen LogP contribution >= 0.6 is 0 Å². The van der Waals surface area contributed by atoms with Crippen LogP contribution in [0.5, 0.6) is 5.75 Å². The van der Waals surface area contributed by atoms with E-state index in [0.717, 1.165) is 38.9 Å². The van der Waals surface area contributed by atoms with Gasteiger partial charge in [-0.25, -0.2) is 0 Å². The SMILES string of the molecule is CCCNC(=O)[C@@H](C1CCCC1)N1CCN(C(=O)c2cccc(OC)c2)CC1. The molecule has 1 saturated heterocycles. The molecule has 0 aromatic heterocycles. The van der Waals surface area contributed by atoms with Gasteiger partial charge < -0.3 is 15.0 Å². The van der Waals surface area contributed by atoms with Crippen molar-refractivity contribution in [3.8, 4) is 5.75 Å². The molecule has 1 N–H and O–H groups in total. The summed E-state index contributed by atoms with van der Waals surface area (Å²) < 4.78 is 5.23. The Bertz CT molecular complexity index is 665. The van der Waals surface area contributed by atoms with Crippen LogP contribution in [0.1, 0.15) is 49.4 Å². The molecule has 0 unspecified atom stereocenters. The number of ether oxygens (including phenoxy) is 1. The zero-order chi connectivity index (χ0) is 19.9. The molecule has 1 atom stereocenters. The van der Waals surface area contributed by atoms with Crippen molar-refractivity contribution in [2.45, 2.75) is 45.1 Å². The van der Waals surface area contributed by atoms with Gasteiger partial charge in [-0.3, -0.25) is 14.5 Å². The Balaban J connectivity index is 1.62. The summed E-state index contributed by atoms with van der Waals surface area (Å²) in [6, 6.07) is 7.25. The number of amides is 2. The van der Waals surface area contributed by atoms with Crippen molar-refractivity contribution in [3.05, 3.63) is 29.8 Å². The standard InChI is InChI=1S/C22H33N3O3/c1-3-11-23-21(26)20(17-7-4-5-8-17)24-12-14-25(15-13-24)22(27)18-9-6-10-19(16-18)28-2/h6,9-10,16-17,20H,3-5,7-8,11-15H2,1-2H3,(H,23,26)/t20-/m1/s1. The molecular weight excluding hydrogens is 354 g/mol. The number of hydrogen-bond acceptors (Lipinski definition) is 4. The van der Waals surface area contributed by atoms with Gasteiger partial charge in [0.15, 0.2) is 0 Å². The lowest BCUT2D eigenvalue weighted by atomic mass is 9.95. The number of hydrogen-bond donors (Lipinski definition) is 1. The molecule has 28 heavy (non-hydrogen) atoms. The predicted molar refractivity (Wildman–Crippen MR) is 110 cm³/mol. The molecular formula is C22H33N3O3. The minimum absolute atomic E-state index is 0.0337. The van der Waals surface area contributed by atoms with Crippen molar-refractivity contribution in [2.75, 3.05) is 39.8 Å². The molecule has 6 heteroatoms. The largest absolute Gasteiger partial charge is 0.497 e. The molecule has 154 valence electrons. The maximum atomic E-state index is 12.8. The number of carbonyl (C=O) groups is 2. The number of nitrogens with zero attached hydrogens (tertiary/aromatic N) is 2. The molecule has 1 saturated carbocycles. The molecule has 3 rings (SSSR count). The molecule has 0 bridgehead atoms. The Morgan fingerprint density at radius 2 is 1.89 bits per heavy atom. The molecule has 1 aliphatic heterocycles. The lowest BCUT2D eigenvalue weighted by molar-refractivity contribution is -0.129. The zero-order valence-electron chi connectivity index (χ0n) is 17.2. The third-order valence-corrected chi connectivity index (χ3v) is 5.98. The minimum Gasteiger partial charge on any atom is -0.497 e. The number of piperazine rings is 1. The van der Waals surface area contributed by atoms with Gasteiger partial charge in [0.25, 0.3) is 5.91 Å². The molecule has 1 aromatic carbocycles. The fourth-order valence-electron chi connectivity index (χ4n) is 4.45. The Morgan fingerprint density at radius 1 is 1.18 bits per heavy atom. The van der Waals surface area contributed by atoms with E-state index in [1.165, 1.54) is 12.8 Å². The van der Waals surface area contributed by atoms with Crippen LogP contribution in [0, 0.1) is 5.92 Å². The quantitative estimate of drug-likeness (QED) is 0.781. The Labute approximate surface area is 168 Å². The monoisotopic (exact) mass is 387 g/mol. The van der Waals surface area contributed by atoms with Gasteiger partial charge in [-0.15, -0.1) is 0 Å². The van der Waals surface area contributed by atoms with Crippen molar-refractivity contribution in [3.63, 3.8) is 0 Å². The second-order valence-corrected chi connectivity index (χ2v) is 7.84. The lowest BCUT2D eigenvalue weighted by Crippen LogP contribution is -2.58. The summed E-state index contributed by atoms with van der Waals surface area (Å²) in [5, 5.41) is 3.10. The Morgan fingerprint density at radius 3 is 2.54 bits per heavy atom. The third kappa shape index (κ3) is 4.85. The predicted octanol–water partition coefficient (Wildman–Crippen LogP) is 2.54. The van der Waals surface area contributed by atoms with Gasteiger partial charge >= 0.3 is 0 Å². The van der Waals surface area contributed by atoms with Crippen molar-refractivity contribution >= 4 is 11.8 Å². The van der Waals surface area contributed by atoms with Crippen LogP contribution in [-0.4, -0.2) is 67.5 Å². The van der Waals surface area contributed by atoms with E-state index in [0.29, 0.717) is 30.3 Å². The molecule has 0 spiro atoms. The van der Waals surface area contributed by atoms with E-state index in [1.807, 2.05) is 23.1 Å². The fraction of sp³-hybridized carbons (Fsp3) is 0.636. The molecule has 2 aliphatic rings. The van der Waals surface area contributed by atoms with Crippen LogP contribution in [0.2, 0.25) is 0 Å². The van der Waals surface area contributed by atoms with E-state index in [2.05, 4.69) is 17.1 Å². The lowest BCUT2D eigenvalue weighted by Gasteiger charge is -2.40. The first-order chi connectivity index (χ1) is 13.6. The molecule has 6 nitrogen and oxygen atoms in total. The maximum absolute atomic E-state index is 12.8. The van der Waals surface area contributed by atoms with Gasteiger partial charge in [0.05, 0.1) is 13.2 Å². The second-order valence-electron chi connectivity index (χ2n) is 7.84. The number of benzene rings is 1. The van der Waals surface area contributed by atoms with Gasteiger partial charge in [0.2, 0.25) is 5.91 Å². The molecule has 2 amide bonds. The van der Waals surface area contributed by atoms with Gasteiger partial charge in [-0.2, -0.15) is 0 Å². The molecule has 0 radical (unpaired) electrons. The minimum atomic E-state index is -0.0527. The van der Waals surface area contributed by atoms with Crippen molar-refractivity contribution < 1.29 is 14.3 Å². The highest BCUT2D eigenvalue weighted by Crippen LogP contribution is 2.31. The van der Waals surface area contributed by atoms with Crippen molar-refractivity contribution in [1.29, 1.82) is 0 Å². The smallest absolute Gasteiger partial charge is 0.254 e. The van der Waals surface area contributed by atoms with E-state index in [-0.39, 0.29) is 17.9 Å². The molecule has 1 aliphatic carbocycles. The number of methoxy groups -OCH3 is 1. The summed E-state index contributed by atoms with van der Waals surface area (Å²) >= 11 is 0. The highest BCUT2D eigenvalue weighted by molar-refractivity contribution is 5.94. The molecule has 2 fully saturated rings. The highest BCUT2D eigenvalue weighted by Gasteiger charge is 2.37. The molecule has 1 heterocycles. The van der Waals surface area contributed by atoms with Crippen LogP contribution in [0.15, 0.2) is 24.3 Å². The van der Waals surface area contributed by atoms with Gasteiger partial charge in [0, 0.05) is 38.3 Å². The van der Waals surface area contributed by atoms with Gasteiger partial charge in [-0.1, -0.05) is 25.8 Å². The summed E-state index contributed by atoms with van der Waals surface area (Å²) in [6.07, 6.45) is 5.65. The maximum Gasteiger partial charge on any atom is 0.254 e. The fourth-order valence-corrected chi connectivity index (χ4v) is 4.45.